The van der Waals surface area contributed by atoms with Gasteiger partial charge in [0.1, 0.15) is 0 Å². The van der Waals surface area contributed by atoms with Gasteiger partial charge in [-0.05, 0) is 38.8 Å². The number of hydrogen-bond donors (Lipinski definition) is 2. The highest BCUT2D eigenvalue weighted by molar-refractivity contribution is 6.07. The van der Waals surface area contributed by atoms with Crippen molar-refractivity contribution in [2.45, 2.75) is 40.2 Å². The molecule has 0 saturated heterocycles. The number of carbonyl (C=O) groups excluding carboxylic acids is 2. The van der Waals surface area contributed by atoms with E-state index < -0.39 is 0 Å². The highest BCUT2D eigenvalue weighted by atomic mass is 16.2. The van der Waals surface area contributed by atoms with Crippen molar-refractivity contribution in [1.82, 2.24) is 25.4 Å². The van der Waals surface area contributed by atoms with E-state index in [1.165, 1.54) is 0 Å². The first-order chi connectivity index (χ1) is 13.9. The first-order valence-corrected chi connectivity index (χ1v) is 9.91. The van der Waals surface area contributed by atoms with E-state index in [2.05, 4.69) is 15.7 Å². The lowest BCUT2D eigenvalue weighted by molar-refractivity contribution is -0.120. The highest BCUT2D eigenvalue weighted by Gasteiger charge is 2.19. The second-order valence-corrected chi connectivity index (χ2v) is 7.32. The number of rotatable bonds is 7. The van der Waals surface area contributed by atoms with E-state index in [-0.39, 0.29) is 24.4 Å². The average molecular weight is 393 g/mol. The van der Waals surface area contributed by atoms with Gasteiger partial charge < -0.3 is 10.6 Å². The molecule has 2 N–H and O–H groups in total. The molecule has 2 aromatic heterocycles. The molecule has 29 heavy (non-hydrogen) atoms. The van der Waals surface area contributed by atoms with Gasteiger partial charge in [-0.3, -0.25) is 9.59 Å². The monoisotopic (exact) mass is 393 g/mol. The van der Waals surface area contributed by atoms with Gasteiger partial charge in [-0.15, -0.1) is 0 Å². The quantitative estimate of drug-likeness (QED) is 0.645. The van der Waals surface area contributed by atoms with Gasteiger partial charge in [-0.1, -0.05) is 31.2 Å². The molecule has 7 nitrogen and oxygen atoms in total. The third-order valence-electron chi connectivity index (χ3n) is 4.70. The first kappa shape index (κ1) is 20.5. The Labute approximate surface area is 170 Å². The number of aryl methyl sites for hydroxylation is 1. The Bertz CT molecular complexity index is 1040. The Morgan fingerprint density at radius 2 is 1.93 bits per heavy atom. The van der Waals surface area contributed by atoms with Crippen molar-refractivity contribution >= 4 is 22.8 Å². The van der Waals surface area contributed by atoms with E-state index in [0.717, 1.165) is 17.5 Å². The minimum Gasteiger partial charge on any atom is -0.355 e. The van der Waals surface area contributed by atoms with Crippen molar-refractivity contribution < 1.29 is 9.59 Å². The number of amides is 2. The van der Waals surface area contributed by atoms with Crippen LogP contribution in [0.5, 0.6) is 0 Å². The summed E-state index contributed by atoms with van der Waals surface area (Å²) < 4.78 is 1.81. The maximum absolute atomic E-state index is 12.9. The Hall–Kier alpha value is -3.22. The summed E-state index contributed by atoms with van der Waals surface area (Å²) in [4.78, 5) is 29.6. The second kappa shape index (κ2) is 8.86. The van der Waals surface area contributed by atoms with Gasteiger partial charge in [-0.2, -0.15) is 5.10 Å². The van der Waals surface area contributed by atoms with Crippen molar-refractivity contribution in [1.29, 1.82) is 0 Å². The van der Waals surface area contributed by atoms with Crippen molar-refractivity contribution in [2.24, 2.45) is 0 Å². The van der Waals surface area contributed by atoms with E-state index in [1.807, 2.05) is 56.6 Å². The molecule has 0 radical (unpaired) electrons. The summed E-state index contributed by atoms with van der Waals surface area (Å²) in [6, 6.07) is 9.79. The summed E-state index contributed by atoms with van der Waals surface area (Å²) in [5.41, 5.74) is 3.85. The van der Waals surface area contributed by atoms with Gasteiger partial charge >= 0.3 is 0 Å². The van der Waals surface area contributed by atoms with Gasteiger partial charge in [0.2, 0.25) is 5.91 Å². The largest absolute Gasteiger partial charge is 0.355 e. The molecule has 7 heteroatoms. The predicted octanol–water partition coefficient (Wildman–Crippen LogP) is 3.24. The van der Waals surface area contributed by atoms with Crippen LogP contribution in [-0.4, -0.2) is 39.7 Å². The third kappa shape index (κ3) is 4.45. The number of carbonyl (C=O) groups is 2. The molecular formula is C22H27N5O2. The van der Waals surface area contributed by atoms with Crippen molar-refractivity contribution in [2.75, 3.05) is 13.1 Å². The SMILES string of the molecule is CCCNC(=O)CNC(=O)c1cc(-c2ccccc2C)nc2c1cnn2C(C)C. The van der Waals surface area contributed by atoms with Gasteiger partial charge in [0.25, 0.3) is 5.91 Å². The summed E-state index contributed by atoms with van der Waals surface area (Å²) in [6.07, 6.45) is 2.51. The number of hydrogen-bond acceptors (Lipinski definition) is 4. The maximum atomic E-state index is 12.9. The van der Waals surface area contributed by atoms with Crippen LogP contribution in [0.25, 0.3) is 22.3 Å². The standard InChI is InChI=1S/C22H27N5O2/c1-5-10-23-20(28)13-24-22(29)17-11-19(16-9-7-6-8-15(16)4)26-21-18(17)12-25-27(21)14(2)3/h6-9,11-12,14H,5,10,13H2,1-4H3,(H,23,28)(H,24,29). The summed E-state index contributed by atoms with van der Waals surface area (Å²) in [6.45, 7) is 8.55. The molecule has 2 heterocycles. The molecule has 0 spiro atoms. The molecule has 3 aromatic rings. The molecule has 0 fully saturated rings. The molecule has 2 amide bonds. The van der Waals surface area contributed by atoms with E-state index in [1.54, 1.807) is 12.3 Å². The molecule has 152 valence electrons. The Morgan fingerprint density at radius 1 is 1.17 bits per heavy atom. The number of pyridine rings is 1. The van der Waals surface area contributed by atoms with Crippen LogP contribution in [0.4, 0.5) is 0 Å². The van der Waals surface area contributed by atoms with Crippen LogP contribution in [-0.2, 0) is 4.79 Å². The fourth-order valence-corrected chi connectivity index (χ4v) is 3.16. The number of aromatic nitrogens is 3. The van der Waals surface area contributed by atoms with Crippen LogP contribution in [0, 0.1) is 6.92 Å². The first-order valence-electron chi connectivity index (χ1n) is 9.91. The van der Waals surface area contributed by atoms with E-state index in [0.29, 0.717) is 28.8 Å². The molecular weight excluding hydrogens is 366 g/mol. The summed E-state index contributed by atoms with van der Waals surface area (Å²) in [5, 5.41) is 10.6. The molecule has 0 unspecified atom stereocenters. The van der Waals surface area contributed by atoms with E-state index >= 15 is 0 Å². The summed E-state index contributed by atoms with van der Waals surface area (Å²) in [5.74, 6) is -0.523. The maximum Gasteiger partial charge on any atom is 0.252 e. The molecule has 0 saturated carbocycles. The van der Waals surface area contributed by atoms with Crippen LogP contribution in [0.2, 0.25) is 0 Å². The van der Waals surface area contributed by atoms with Crippen molar-refractivity contribution in [3.8, 4) is 11.3 Å². The number of benzene rings is 1. The fourth-order valence-electron chi connectivity index (χ4n) is 3.16. The Balaban J connectivity index is 2.02. The lowest BCUT2D eigenvalue weighted by atomic mass is 10.0. The zero-order valence-corrected chi connectivity index (χ0v) is 17.3. The number of fused-ring (bicyclic) bond motifs is 1. The molecule has 0 aliphatic rings. The highest BCUT2D eigenvalue weighted by Crippen LogP contribution is 2.28. The lowest BCUT2D eigenvalue weighted by Crippen LogP contribution is -2.37. The molecule has 3 rings (SSSR count). The Kier molecular flexibility index (Phi) is 6.26. The zero-order valence-electron chi connectivity index (χ0n) is 17.3. The molecule has 0 aliphatic heterocycles. The van der Waals surface area contributed by atoms with Crippen LogP contribution in [0.1, 0.15) is 49.2 Å². The molecule has 0 atom stereocenters. The van der Waals surface area contributed by atoms with Crippen molar-refractivity contribution in [3.63, 3.8) is 0 Å². The van der Waals surface area contributed by atoms with Crippen LogP contribution >= 0.6 is 0 Å². The minimum absolute atomic E-state index is 0.0688. The van der Waals surface area contributed by atoms with Crippen molar-refractivity contribution in [3.05, 3.63) is 47.7 Å². The minimum atomic E-state index is -0.317. The fraction of sp³-hybridized carbons (Fsp3) is 0.364. The predicted molar refractivity (Wildman–Crippen MR) is 114 cm³/mol. The second-order valence-electron chi connectivity index (χ2n) is 7.32. The Morgan fingerprint density at radius 3 is 2.62 bits per heavy atom. The van der Waals surface area contributed by atoms with Crippen LogP contribution in [0.15, 0.2) is 36.5 Å². The van der Waals surface area contributed by atoms with E-state index in [4.69, 9.17) is 4.98 Å². The number of nitrogens with one attached hydrogen (secondary N) is 2. The smallest absolute Gasteiger partial charge is 0.252 e. The van der Waals surface area contributed by atoms with Gasteiger partial charge in [-0.25, -0.2) is 9.67 Å². The van der Waals surface area contributed by atoms with E-state index in [9.17, 15) is 9.59 Å². The number of nitrogens with zero attached hydrogens (tertiary/aromatic N) is 3. The average Bonchev–Trinajstić information content (AvgIpc) is 3.14. The lowest BCUT2D eigenvalue weighted by Gasteiger charge is -2.12. The van der Waals surface area contributed by atoms with Gasteiger partial charge in [0.05, 0.1) is 29.4 Å². The van der Waals surface area contributed by atoms with Crippen LogP contribution in [0.3, 0.4) is 0 Å². The molecule has 0 aliphatic carbocycles. The molecule has 1 aromatic carbocycles. The van der Waals surface area contributed by atoms with Gasteiger partial charge in [0.15, 0.2) is 5.65 Å². The summed E-state index contributed by atoms with van der Waals surface area (Å²) in [7, 11) is 0. The van der Waals surface area contributed by atoms with Gasteiger partial charge in [0, 0.05) is 18.2 Å². The molecule has 0 bridgehead atoms. The van der Waals surface area contributed by atoms with Crippen LogP contribution < -0.4 is 10.6 Å². The third-order valence-corrected chi connectivity index (χ3v) is 4.70. The zero-order chi connectivity index (χ0) is 21.0. The normalized spacial score (nSPS) is 11.1. The summed E-state index contributed by atoms with van der Waals surface area (Å²) >= 11 is 0. The topological polar surface area (TPSA) is 88.9 Å².